The summed E-state index contributed by atoms with van der Waals surface area (Å²) >= 11 is 5.50. The molecule has 1 amide bonds. The van der Waals surface area contributed by atoms with Crippen molar-refractivity contribution in [2.45, 2.75) is 13.0 Å². The highest BCUT2D eigenvalue weighted by Crippen LogP contribution is 2.26. The van der Waals surface area contributed by atoms with Crippen LogP contribution in [-0.2, 0) is 17.8 Å². The fourth-order valence-electron chi connectivity index (χ4n) is 1.80. The number of fused-ring (bicyclic) bond motifs is 1. The van der Waals surface area contributed by atoms with Gasteiger partial charge in [0.1, 0.15) is 11.6 Å². The summed E-state index contributed by atoms with van der Waals surface area (Å²) < 4.78 is 5.43. The van der Waals surface area contributed by atoms with Crippen LogP contribution >= 0.6 is 11.6 Å². The van der Waals surface area contributed by atoms with Crippen LogP contribution in [0.5, 0.6) is 5.75 Å². The third-order valence-electron chi connectivity index (χ3n) is 2.71. The van der Waals surface area contributed by atoms with Gasteiger partial charge >= 0.3 is 0 Å². The standard InChI is InChI=1S/C12H14ClNO2/c1-14(12(15)7-13)8-9-2-3-11-10(6-9)4-5-16-11/h2-3,6H,4-5,7-8H2,1H3. The average Bonchev–Trinajstić information content (AvgIpc) is 2.75. The molecule has 1 aromatic rings. The maximum Gasteiger partial charge on any atom is 0.237 e. The normalized spacial score (nSPS) is 13.1. The Labute approximate surface area is 100.0 Å². The van der Waals surface area contributed by atoms with Gasteiger partial charge in [0, 0.05) is 20.0 Å². The summed E-state index contributed by atoms with van der Waals surface area (Å²) in [6.45, 7) is 1.36. The first-order chi connectivity index (χ1) is 7.70. The van der Waals surface area contributed by atoms with E-state index >= 15 is 0 Å². The molecular weight excluding hydrogens is 226 g/mol. The molecule has 2 rings (SSSR count). The highest BCUT2D eigenvalue weighted by atomic mass is 35.5. The quantitative estimate of drug-likeness (QED) is 0.753. The van der Waals surface area contributed by atoms with Crippen molar-refractivity contribution >= 4 is 17.5 Å². The fourth-order valence-corrected chi connectivity index (χ4v) is 2.01. The van der Waals surface area contributed by atoms with Gasteiger partial charge in [-0.25, -0.2) is 0 Å². The van der Waals surface area contributed by atoms with Crippen LogP contribution in [0.15, 0.2) is 18.2 Å². The van der Waals surface area contributed by atoms with Gasteiger partial charge in [0.25, 0.3) is 0 Å². The van der Waals surface area contributed by atoms with Gasteiger partial charge in [-0.2, -0.15) is 0 Å². The minimum Gasteiger partial charge on any atom is -0.493 e. The van der Waals surface area contributed by atoms with E-state index in [1.807, 2.05) is 12.1 Å². The van der Waals surface area contributed by atoms with Crippen molar-refractivity contribution in [1.82, 2.24) is 4.90 Å². The number of hydrogen-bond donors (Lipinski definition) is 0. The molecule has 0 aromatic heterocycles. The zero-order chi connectivity index (χ0) is 11.5. The molecule has 16 heavy (non-hydrogen) atoms. The first-order valence-electron chi connectivity index (χ1n) is 5.25. The third kappa shape index (κ3) is 2.30. The van der Waals surface area contributed by atoms with Crippen LogP contribution in [0.3, 0.4) is 0 Å². The second-order valence-corrected chi connectivity index (χ2v) is 4.19. The summed E-state index contributed by atoms with van der Waals surface area (Å²) in [5.74, 6) is 0.943. The van der Waals surface area contributed by atoms with E-state index in [1.54, 1.807) is 11.9 Å². The van der Waals surface area contributed by atoms with Crippen molar-refractivity contribution < 1.29 is 9.53 Å². The monoisotopic (exact) mass is 239 g/mol. The fraction of sp³-hybridized carbons (Fsp3) is 0.417. The van der Waals surface area contributed by atoms with Gasteiger partial charge in [0.05, 0.1) is 6.61 Å². The highest BCUT2D eigenvalue weighted by Gasteiger charge is 2.13. The molecule has 3 nitrogen and oxygen atoms in total. The minimum absolute atomic E-state index is 0.0323. The second kappa shape index (κ2) is 4.74. The van der Waals surface area contributed by atoms with Crippen molar-refractivity contribution in [1.29, 1.82) is 0 Å². The van der Waals surface area contributed by atoms with E-state index in [-0.39, 0.29) is 11.8 Å². The molecule has 0 fully saturated rings. The Morgan fingerprint density at radius 3 is 3.12 bits per heavy atom. The smallest absolute Gasteiger partial charge is 0.237 e. The zero-order valence-electron chi connectivity index (χ0n) is 9.20. The number of ether oxygens (including phenoxy) is 1. The van der Waals surface area contributed by atoms with E-state index < -0.39 is 0 Å². The molecule has 1 aromatic carbocycles. The molecule has 0 spiro atoms. The van der Waals surface area contributed by atoms with Crippen LogP contribution in [0.1, 0.15) is 11.1 Å². The Hall–Kier alpha value is -1.22. The summed E-state index contributed by atoms with van der Waals surface area (Å²) in [4.78, 5) is 12.9. The predicted molar refractivity (Wildman–Crippen MR) is 62.8 cm³/mol. The van der Waals surface area contributed by atoms with Gasteiger partial charge in [0.15, 0.2) is 0 Å². The van der Waals surface area contributed by atoms with Crippen LogP contribution in [-0.4, -0.2) is 30.3 Å². The Balaban J connectivity index is 2.08. The molecule has 1 aliphatic heterocycles. The summed E-state index contributed by atoms with van der Waals surface area (Å²) in [5, 5.41) is 0. The number of carbonyl (C=O) groups is 1. The van der Waals surface area contributed by atoms with E-state index in [0.29, 0.717) is 6.54 Å². The summed E-state index contributed by atoms with van der Waals surface area (Å²) in [7, 11) is 1.76. The lowest BCUT2D eigenvalue weighted by Crippen LogP contribution is -2.27. The maximum absolute atomic E-state index is 11.3. The molecule has 0 N–H and O–H groups in total. The van der Waals surface area contributed by atoms with Gasteiger partial charge in [-0.15, -0.1) is 11.6 Å². The van der Waals surface area contributed by atoms with E-state index in [0.717, 1.165) is 24.3 Å². The van der Waals surface area contributed by atoms with Crippen molar-refractivity contribution in [2.24, 2.45) is 0 Å². The number of hydrogen-bond acceptors (Lipinski definition) is 2. The second-order valence-electron chi connectivity index (χ2n) is 3.92. The largest absolute Gasteiger partial charge is 0.493 e. The van der Waals surface area contributed by atoms with Gasteiger partial charge in [0.2, 0.25) is 5.91 Å². The lowest BCUT2D eigenvalue weighted by molar-refractivity contribution is -0.127. The SMILES string of the molecule is CN(Cc1ccc2c(c1)CCO2)C(=O)CCl. The molecule has 0 aliphatic carbocycles. The van der Waals surface area contributed by atoms with Crippen molar-refractivity contribution in [2.75, 3.05) is 19.5 Å². The molecule has 1 heterocycles. The Bertz CT molecular complexity index is 406. The van der Waals surface area contributed by atoms with Crippen molar-refractivity contribution in [3.63, 3.8) is 0 Å². The number of carbonyl (C=O) groups excluding carboxylic acids is 1. The van der Waals surface area contributed by atoms with Crippen molar-refractivity contribution in [3.05, 3.63) is 29.3 Å². The van der Waals surface area contributed by atoms with Crippen LogP contribution in [0.2, 0.25) is 0 Å². The average molecular weight is 240 g/mol. The van der Waals surface area contributed by atoms with E-state index in [2.05, 4.69) is 6.07 Å². The number of amides is 1. The van der Waals surface area contributed by atoms with E-state index in [9.17, 15) is 4.79 Å². The Morgan fingerprint density at radius 1 is 1.56 bits per heavy atom. The van der Waals surface area contributed by atoms with Gasteiger partial charge < -0.3 is 9.64 Å². The molecule has 86 valence electrons. The molecule has 1 aliphatic rings. The van der Waals surface area contributed by atoms with E-state index in [1.165, 1.54) is 5.56 Å². The zero-order valence-corrected chi connectivity index (χ0v) is 9.96. The molecule has 4 heteroatoms. The number of nitrogens with zero attached hydrogens (tertiary/aromatic N) is 1. The van der Waals surface area contributed by atoms with E-state index in [4.69, 9.17) is 16.3 Å². The van der Waals surface area contributed by atoms with Gasteiger partial charge in [-0.3, -0.25) is 4.79 Å². The maximum atomic E-state index is 11.3. The number of benzene rings is 1. The predicted octanol–water partition coefficient (Wildman–Crippen LogP) is 1.82. The first-order valence-corrected chi connectivity index (χ1v) is 5.78. The molecule has 0 bridgehead atoms. The molecule has 0 atom stereocenters. The Morgan fingerprint density at radius 2 is 2.38 bits per heavy atom. The lowest BCUT2D eigenvalue weighted by Gasteiger charge is -2.16. The summed E-state index contributed by atoms with van der Waals surface area (Å²) in [6, 6.07) is 6.05. The molecule has 0 saturated carbocycles. The third-order valence-corrected chi connectivity index (χ3v) is 2.94. The first kappa shape index (κ1) is 11.3. The molecule has 0 saturated heterocycles. The Kier molecular flexibility index (Phi) is 3.34. The highest BCUT2D eigenvalue weighted by molar-refractivity contribution is 6.27. The van der Waals surface area contributed by atoms with Gasteiger partial charge in [-0.05, 0) is 17.2 Å². The molecule has 0 radical (unpaired) electrons. The van der Waals surface area contributed by atoms with Crippen LogP contribution < -0.4 is 4.74 Å². The van der Waals surface area contributed by atoms with Gasteiger partial charge in [-0.1, -0.05) is 12.1 Å². The van der Waals surface area contributed by atoms with Crippen LogP contribution in [0.25, 0.3) is 0 Å². The van der Waals surface area contributed by atoms with Crippen LogP contribution in [0, 0.1) is 0 Å². The minimum atomic E-state index is -0.0570. The topological polar surface area (TPSA) is 29.5 Å². The van der Waals surface area contributed by atoms with Crippen molar-refractivity contribution in [3.8, 4) is 5.75 Å². The number of alkyl halides is 1. The van der Waals surface area contributed by atoms with Crippen LogP contribution in [0.4, 0.5) is 0 Å². The summed E-state index contributed by atoms with van der Waals surface area (Å²) in [6.07, 6.45) is 0.955. The molecule has 0 unspecified atom stereocenters. The molecular formula is C12H14ClNO2. The number of rotatable bonds is 3. The summed E-state index contributed by atoms with van der Waals surface area (Å²) in [5.41, 5.74) is 2.34. The lowest BCUT2D eigenvalue weighted by atomic mass is 10.1. The number of halogens is 1.